The van der Waals surface area contributed by atoms with Crippen molar-refractivity contribution in [2.75, 3.05) is 32.7 Å². The Morgan fingerprint density at radius 1 is 0.750 bits per heavy atom. The predicted molar refractivity (Wildman–Crippen MR) is 126 cm³/mol. The molecule has 32 heavy (non-hydrogen) atoms. The summed E-state index contributed by atoms with van der Waals surface area (Å²) in [4.78, 5) is 29.5. The molecule has 164 valence electrons. The first kappa shape index (κ1) is 21.8. The van der Waals surface area contributed by atoms with E-state index in [1.165, 1.54) is 5.56 Å². The highest BCUT2D eigenvalue weighted by Crippen LogP contribution is 2.18. The van der Waals surface area contributed by atoms with Crippen molar-refractivity contribution in [3.05, 3.63) is 108 Å². The summed E-state index contributed by atoms with van der Waals surface area (Å²) in [5.74, 6) is 0.0688. The van der Waals surface area contributed by atoms with E-state index in [2.05, 4.69) is 34.5 Å². The molecule has 2 amide bonds. The van der Waals surface area contributed by atoms with E-state index in [1.807, 2.05) is 71.6 Å². The largest absolute Gasteiger partial charge is 0.348 e. The fraction of sp³-hybridized carbons (Fsp3) is 0.259. The summed E-state index contributed by atoms with van der Waals surface area (Å²) in [6.45, 7) is 2.99. The lowest BCUT2D eigenvalue weighted by molar-refractivity contribution is -0.123. The molecular weight excluding hydrogens is 398 g/mol. The Morgan fingerprint density at radius 2 is 1.31 bits per heavy atom. The minimum absolute atomic E-state index is 0.0117. The fourth-order valence-electron chi connectivity index (χ4n) is 4.10. The van der Waals surface area contributed by atoms with E-state index in [1.54, 1.807) is 0 Å². The van der Waals surface area contributed by atoms with Crippen molar-refractivity contribution in [3.8, 4) is 0 Å². The van der Waals surface area contributed by atoms with Crippen LogP contribution in [0.25, 0.3) is 0 Å². The van der Waals surface area contributed by atoms with Gasteiger partial charge < -0.3 is 10.2 Å². The molecule has 3 aromatic rings. The predicted octanol–water partition coefficient (Wildman–Crippen LogP) is 3.54. The Morgan fingerprint density at radius 3 is 1.94 bits per heavy atom. The Kier molecular flexibility index (Phi) is 7.31. The molecule has 4 rings (SSSR count). The van der Waals surface area contributed by atoms with Crippen LogP contribution in [-0.2, 0) is 11.2 Å². The number of hydrogen-bond donors (Lipinski definition) is 1. The monoisotopic (exact) mass is 427 g/mol. The second-order valence-corrected chi connectivity index (χ2v) is 8.15. The zero-order chi connectivity index (χ0) is 22.2. The minimum atomic E-state index is -0.0768. The SMILES string of the molecule is O=C(CN1CCN(C(=O)c2ccccc2)CC1)N[C@H](Cc1ccccc1)c1ccccc1. The van der Waals surface area contributed by atoms with Crippen LogP contribution >= 0.6 is 0 Å². The number of nitrogens with zero attached hydrogens (tertiary/aromatic N) is 2. The molecule has 0 bridgehead atoms. The fourth-order valence-corrected chi connectivity index (χ4v) is 4.10. The van der Waals surface area contributed by atoms with Crippen LogP contribution in [0.3, 0.4) is 0 Å². The van der Waals surface area contributed by atoms with Gasteiger partial charge in [0.15, 0.2) is 0 Å². The standard InChI is InChI=1S/C27H29N3O2/c31-26(21-29-16-18-30(19-17-29)27(32)24-14-8-3-9-15-24)28-25(23-12-6-2-7-13-23)20-22-10-4-1-5-11-22/h1-15,25H,16-21H2,(H,28,31)/t25-/m1/s1. The number of amides is 2. The van der Waals surface area contributed by atoms with Gasteiger partial charge in [0, 0.05) is 31.7 Å². The molecule has 0 unspecified atom stereocenters. The molecule has 1 aliphatic heterocycles. The second kappa shape index (κ2) is 10.7. The third-order valence-electron chi connectivity index (χ3n) is 5.87. The van der Waals surface area contributed by atoms with Crippen LogP contribution in [0.2, 0.25) is 0 Å². The van der Waals surface area contributed by atoms with Crippen molar-refractivity contribution in [3.63, 3.8) is 0 Å². The van der Waals surface area contributed by atoms with Crippen LogP contribution in [0.5, 0.6) is 0 Å². The van der Waals surface area contributed by atoms with Gasteiger partial charge in [0.25, 0.3) is 5.91 Å². The highest BCUT2D eigenvalue weighted by molar-refractivity contribution is 5.94. The topological polar surface area (TPSA) is 52.7 Å². The van der Waals surface area contributed by atoms with E-state index in [-0.39, 0.29) is 17.9 Å². The van der Waals surface area contributed by atoms with Crippen LogP contribution in [0.15, 0.2) is 91.0 Å². The van der Waals surface area contributed by atoms with Gasteiger partial charge in [0.2, 0.25) is 5.91 Å². The van der Waals surface area contributed by atoms with Crippen molar-refractivity contribution < 1.29 is 9.59 Å². The molecule has 3 aromatic carbocycles. The van der Waals surface area contributed by atoms with Gasteiger partial charge in [-0.2, -0.15) is 0 Å². The maximum Gasteiger partial charge on any atom is 0.253 e. The number of carbonyl (C=O) groups excluding carboxylic acids is 2. The molecule has 1 fully saturated rings. The lowest BCUT2D eigenvalue weighted by Gasteiger charge is -2.34. The Balaban J connectivity index is 1.32. The Labute approximate surface area is 189 Å². The molecule has 1 aliphatic rings. The minimum Gasteiger partial charge on any atom is -0.348 e. The molecule has 1 atom stereocenters. The molecule has 5 nitrogen and oxygen atoms in total. The Hall–Kier alpha value is -3.44. The lowest BCUT2D eigenvalue weighted by atomic mass is 9.99. The highest BCUT2D eigenvalue weighted by atomic mass is 16.2. The van der Waals surface area contributed by atoms with Crippen molar-refractivity contribution in [2.24, 2.45) is 0 Å². The average Bonchev–Trinajstić information content (AvgIpc) is 2.85. The quantitative estimate of drug-likeness (QED) is 0.628. The molecule has 0 aromatic heterocycles. The molecule has 0 saturated carbocycles. The van der Waals surface area contributed by atoms with Gasteiger partial charge in [-0.25, -0.2) is 0 Å². The maximum absolute atomic E-state index is 12.9. The van der Waals surface area contributed by atoms with E-state index < -0.39 is 0 Å². The van der Waals surface area contributed by atoms with E-state index in [0.717, 1.165) is 12.0 Å². The molecule has 1 heterocycles. The van der Waals surface area contributed by atoms with Gasteiger partial charge >= 0.3 is 0 Å². The first-order valence-corrected chi connectivity index (χ1v) is 11.1. The number of nitrogens with one attached hydrogen (secondary N) is 1. The first-order valence-electron chi connectivity index (χ1n) is 11.1. The van der Waals surface area contributed by atoms with Crippen LogP contribution in [0, 0.1) is 0 Å². The van der Waals surface area contributed by atoms with Gasteiger partial charge in [0.05, 0.1) is 12.6 Å². The third-order valence-corrected chi connectivity index (χ3v) is 5.87. The van der Waals surface area contributed by atoms with Gasteiger partial charge in [-0.15, -0.1) is 0 Å². The van der Waals surface area contributed by atoms with Crippen LogP contribution < -0.4 is 5.32 Å². The summed E-state index contributed by atoms with van der Waals surface area (Å²) in [5, 5.41) is 3.23. The number of piperazine rings is 1. The van der Waals surface area contributed by atoms with E-state index in [4.69, 9.17) is 0 Å². The number of rotatable bonds is 7. The summed E-state index contributed by atoms with van der Waals surface area (Å²) in [5.41, 5.74) is 3.00. The zero-order valence-electron chi connectivity index (χ0n) is 18.2. The van der Waals surface area contributed by atoms with Crippen molar-refractivity contribution >= 4 is 11.8 Å². The molecule has 1 saturated heterocycles. The maximum atomic E-state index is 12.9. The van der Waals surface area contributed by atoms with Crippen LogP contribution in [0.4, 0.5) is 0 Å². The average molecular weight is 428 g/mol. The second-order valence-electron chi connectivity index (χ2n) is 8.15. The van der Waals surface area contributed by atoms with Crippen LogP contribution in [-0.4, -0.2) is 54.3 Å². The zero-order valence-corrected chi connectivity index (χ0v) is 18.2. The van der Waals surface area contributed by atoms with Crippen molar-refractivity contribution in [2.45, 2.75) is 12.5 Å². The molecule has 5 heteroatoms. The molecule has 0 spiro atoms. The van der Waals surface area contributed by atoms with Crippen molar-refractivity contribution in [1.29, 1.82) is 0 Å². The summed E-state index contributed by atoms with van der Waals surface area (Å²) < 4.78 is 0. The molecule has 0 aliphatic carbocycles. The molecule has 1 N–H and O–H groups in total. The Bertz CT molecular complexity index is 1000. The number of hydrogen-bond acceptors (Lipinski definition) is 3. The van der Waals surface area contributed by atoms with Gasteiger partial charge in [-0.3, -0.25) is 14.5 Å². The number of carbonyl (C=O) groups is 2. The lowest BCUT2D eigenvalue weighted by Crippen LogP contribution is -2.51. The van der Waals surface area contributed by atoms with Crippen molar-refractivity contribution in [1.82, 2.24) is 15.1 Å². The smallest absolute Gasteiger partial charge is 0.253 e. The number of benzene rings is 3. The highest BCUT2D eigenvalue weighted by Gasteiger charge is 2.24. The first-order chi connectivity index (χ1) is 15.7. The third kappa shape index (κ3) is 5.83. The van der Waals surface area contributed by atoms with Gasteiger partial charge in [0.1, 0.15) is 0 Å². The normalized spacial score (nSPS) is 15.2. The van der Waals surface area contributed by atoms with E-state index in [0.29, 0.717) is 38.3 Å². The van der Waals surface area contributed by atoms with E-state index in [9.17, 15) is 9.59 Å². The van der Waals surface area contributed by atoms with Gasteiger partial charge in [-0.05, 0) is 29.7 Å². The van der Waals surface area contributed by atoms with Gasteiger partial charge in [-0.1, -0.05) is 78.9 Å². The molecular formula is C27H29N3O2. The summed E-state index contributed by atoms with van der Waals surface area (Å²) in [6, 6.07) is 29.6. The van der Waals surface area contributed by atoms with Crippen LogP contribution in [0.1, 0.15) is 27.5 Å². The van der Waals surface area contributed by atoms with E-state index >= 15 is 0 Å². The summed E-state index contributed by atoms with van der Waals surface area (Å²) >= 11 is 0. The summed E-state index contributed by atoms with van der Waals surface area (Å²) in [7, 11) is 0. The summed E-state index contributed by atoms with van der Waals surface area (Å²) in [6.07, 6.45) is 0.746. The molecule has 0 radical (unpaired) electrons.